The van der Waals surface area contributed by atoms with Gasteiger partial charge in [-0.25, -0.2) is 0 Å². The maximum absolute atomic E-state index is 4.45. The molecule has 4 heteroatoms. The van der Waals surface area contributed by atoms with E-state index in [1.165, 1.54) is 11.1 Å². The van der Waals surface area contributed by atoms with Gasteiger partial charge in [-0.3, -0.25) is 0 Å². The zero-order chi connectivity index (χ0) is 19.8. The van der Waals surface area contributed by atoms with E-state index in [1.54, 1.807) is 16.3 Å². The van der Waals surface area contributed by atoms with Gasteiger partial charge in [0.25, 0.3) is 0 Å². The first-order valence-corrected chi connectivity index (χ1v) is 19.4. The topological polar surface area (TPSA) is 0 Å². The van der Waals surface area contributed by atoms with Crippen molar-refractivity contribution in [1.29, 1.82) is 0 Å². The Morgan fingerprint density at radius 1 is 0.710 bits per heavy atom. The fourth-order valence-corrected chi connectivity index (χ4v) is 31.4. The molecule has 0 saturated carbocycles. The summed E-state index contributed by atoms with van der Waals surface area (Å²) in [6.07, 6.45) is 9.81. The third kappa shape index (κ3) is 4.16. The van der Waals surface area contributed by atoms with Gasteiger partial charge in [0.05, 0.1) is 0 Å². The number of fused-ring (bicyclic) bond motifs is 2. The maximum Gasteiger partial charge on any atom is -1.00 e. The van der Waals surface area contributed by atoms with Gasteiger partial charge in [-0.05, 0) is 0 Å². The normalized spacial score (nSPS) is 19.4. The Bertz CT molecular complexity index is 1060. The fourth-order valence-electron chi connectivity index (χ4n) is 5.07. The summed E-state index contributed by atoms with van der Waals surface area (Å²) in [6, 6.07) is 29.3. The Morgan fingerprint density at radius 3 is 1.65 bits per heavy atom. The molecule has 2 aliphatic carbocycles. The molecule has 0 spiro atoms. The number of hydrogen-bond donors (Lipinski definition) is 0. The molecule has 0 saturated heterocycles. The molecule has 0 N–H and O–H groups in total. The molecule has 5 rings (SSSR count). The van der Waals surface area contributed by atoms with Crippen molar-refractivity contribution in [2.45, 2.75) is 13.8 Å². The molecule has 2 aliphatic rings. The smallest absolute Gasteiger partial charge is 1.00 e. The minimum atomic E-state index is -2.21. The van der Waals surface area contributed by atoms with Gasteiger partial charge >= 0.3 is 183 Å². The third-order valence-corrected chi connectivity index (χ3v) is 32.1. The monoisotopic (exact) mass is 537 g/mol. The predicted molar refractivity (Wildman–Crippen MR) is 124 cm³/mol. The van der Waals surface area contributed by atoms with Crippen molar-refractivity contribution in [3.63, 3.8) is 0 Å². The van der Waals surface area contributed by atoms with Crippen molar-refractivity contribution >= 4 is 22.5 Å². The van der Waals surface area contributed by atoms with Gasteiger partial charge < -0.3 is 24.8 Å². The van der Waals surface area contributed by atoms with E-state index in [0.29, 0.717) is 7.25 Å². The molecule has 155 valence electrons. The zero-order valence-electron chi connectivity index (χ0n) is 17.5. The summed E-state index contributed by atoms with van der Waals surface area (Å²) in [6.45, 7) is 7.04. The number of benzene rings is 3. The first-order chi connectivity index (χ1) is 14.2. The molecule has 0 nitrogen and oxygen atoms in total. The molecular weight excluding hydrogens is 515 g/mol. The Labute approximate surface area is 206 Å². The summed E-state index contributed by atoms with van der Waals surface area (Å²) in [4.78, 5) is 0. The van der Waals surface area contributed by atoms with E-state index in [9.17, 15) is 0 Å². The molecule has 0 fully saturated rings. The van der Waals surface area contributed by atoms with Crippen molar-refractivity contribution in [2.24, 2.45) is 0 Å². The van der Waals surface area contributed by atoms with Gasteiger partial charge in [-0.1, -0.05) is 0 Å². The predicted octanol–water partition coefficient (Wildman–Crippen LogP) is 0.357. The van der Waals surface area contributed by atoms with Crippen molar-refractivity contribution in [1.82, 2.24) is 0 Å². The summed E-state index contributed by atoms with van der Waals surface area (Å²) in [5, 5.41) is -0.282. The molecule has 3 aromatic carbocycles. The third-order valence-electron chi connectivity index (χ3n) is 6.65. The van der Waals surface area contributed by atoms with Gasteiger partial charge in [-0.15, -0.1) is 0 Å². The minimum Gasteiger partial charge on any atom is -1.00 e. The van der Waals surface area contributed by atoms with Crippen LogP contribution in [0, 0.1) is 0 Å². The van der Waals surface area contributed by atoms with Crippen LogP contribution in [0.5, 0.6) is 0 Å². The summed E-state index contributed by atoms with van der Waals surface area (Å²) in [5.41, 5.74) is 8.34. The van der Waals surface area contributed by atoms with Crippen LogP contribution in [-0.4, -0.2) is 5.20 Å². The molecule has 31 heavy (non-hydrogen) atoms. The molecule has 0 bridgehead atoms. The Morgan fingerprint density at radius 2 is 1.16 bits per heavy atom. The summed E-state index contributed by atoms with van der Waals surface area (Å²) in [7, 11) is 0. The van der Waals surface area contributed by atoms with E-state index in [4.69, 9.17) is 0 Å². The van der Waals surface area contributed by atoms with Gasteiger partial charge in [0, 0.05) is 0 Å². The summed E-state index contributed by atoms with van der Waals surface area (Å²) in [5.74, 6) is 0. The molecule has 0 amide bonds. The van der Waals surface area contributed by atoms with Crippen LogP contribution in [0.15, 0.2) is 103 Å². The standard InChI is InChI=1S/C9H11Si.2C9H7.2ClH.Zr/c1-3-10(2)9-7-5-4-6-8-9;2*1-2-5-9-7-3-6-8(9)4-1;;;/h3-8H,1H2,2H3;2*1-7H;2*1H;/q;;;;;+2/p-2. The van der Waals surface area contributed by atoms with Crippen LogP contribution < -0.4 is 30.0 Å². The maximum atomic E-state index is 4.45. The van der Waals surface area contributed by atoms with Crippen molar-refractivity contribution in [3.8, 4) is 0 Å². The van der Waals surface area contributed by atoms with Crippen molar-refractivity contribution in [2.75, 3.05) is 0 Å². The van der Waals surface area contributed by atoms with E-state index in [0.717, 1.165) is 0 Å². The number of allylic oxidation sites excluding steroid dienone is 2. The average molecular weight is 540 g/mol. The first kappa shape index (κ1) is 24.2. The fraction of sp³-hybridized carbons (Fsp3) is 0.111. The summed E-state index contributed by atoms with van der Waals surface area (Å²) >= 11 is -2.21. The molecule has 3 aromatic rings. The molecule has 0 heterocycles. The molecule has 3 atom stereocenters. The minimum absolute atomic E-state index is 0. The second-order valence-electron chi connectivity index (χ2n) is 8.16. The van der Waals surface area contributed by atoms with E-state index >= 15 is 0 Å². The van der Waals surface area contributed by atoms with Crippen LogP contribution in [0.3, 0.4) is 0 Å². The van der Waals surface area contributed by atoms with E-state index in [2.05, 4.69) is 122 Å². The van der Waals surface area contributed by atoms with Crippen LogP contribution in [0.2, 0.25) is 6.55 Å². The molecule has 0 aromatic heterocycles. The van der Waals surface area contributed by atoms with E-state index in [-0.39, 0.29) is 24.8 Å². The van der Waals surface area contributed by atoms with Gasteiger partial charge in [0.1, 0.15) is 0 Å². The largest absolute Gasteiger partial charge is 1.00 e. The number of halogens is 2. The van der Waals surface area contributed by atoms with Crippen LogP contribution in [0.25, 0.3) is 12.2 Å². The average Bonchev–Trinajstić information content (AvgIpc) is 3.40. The Balaban J connectivity index is 0.00000136. The first-order valence-electron chi connectivity index (χ1n) is 10.3. The SMILES string of the molecule is C=C[Si](C)(c1ccccc1)[Zr+2]([CH]1C=Cc2ccccc21)[CH]1C=Cc2ccccc21.[Cl-].[Cl-]. The van der Waals surface area contributed by atoms with Crippen LogP contribution in [-0.2, 0) is 20.9 Å². The Hall–Kier alpha value is -1.44. The van der Waals surface area contributed by atoms with Crippen LogP contribution >= 0.6 is 0 Å². The Kier molecular flexibility index (Phi) is 7.81. The molecule has 0 radical (unpaired) electrons. The molecule has 0 aliphatic heterocycles. The van der Waals surface area contributed by atoms with Gasteiger partial charge in [0.2, 0.25) is 0 Å². The number of hydrogen-bond acceptors (Lipinski definition) is 0. The second-order valence-corrected chi connectivity index (χ2v) is 27.9. The quantitative estimate of drug-likeness (QED) is 0.411. The zero-order valence-corrected chi connectivity index (χ0v) is 22.5. The molecular formula is C27H25Cl2SiZr. The summed E-state index contributed by atoms with van der Waals surface area (Å²) < 4.78 is 1.20. The number of rotatable bonds is 5. The van der Waals surface area contributed by atoms with Crippen molar-refractivity contribution in [3.05, 3.63) is 126 Å². The van der Waals surface area contributed by atoms with E-state index in [1.807, 2.05) is 0 Å². The molecule has 3 unspecified atom stereocenters. The van der Waals surface area contributed by atoms with Crippen LogP contribution in [0.4, 0.5) is 0 Å². The van der Waals surface area contributed by atoms with Gasteiger partial charge in [0.15, 0.2) is 0 Å². The van der Waals surface area contributed by atoms with Crippen molar-refractivity contribution < 1.29 is 45.7 Å². The van der Waals surface area contributed by atoms with E-state index < -0.39 is 26.1 Å². The van der Waals surface area contributed by atoms with Crippen LogP contribution in [0.1, 0.15) is 29.5 Å². The van der Waals surface area contributed by atoms with Gasteiger partial charge in [-0.2, -0.15) is 0 Å². The second kappa shape index (κ2) is 10.0.